The maximum Gasteiger partial charge on any atom is 0.312 e. The van der Waals surface area contributed by atoms with E-state index in [9.17, 15) is 18.5 Å². The van der Waals surface area contributed by atoms with E-state index in [1.54, 1.807) is 0 Å². The molecule has 8 heteroatoms. The van der Waals surface area contributed by atoms with Gasteiger partial charge in [-0.25, -0.2) is 13.6 Å². The van der Waals surface area contributed by atoms with Crippen LogP contribution in [0, 0.1) is 16.0 Å². The molecule has 24 heavy (non-hydrogen) atoms. The molecular formula is C16H17N3O4S. The van der Waals surface area contributed by atoms with Crippen LogP contribution in [0.5, 0.6) is 0 Å². The molecule has 126 valence electrons. The van der Waals surface area contributed by atoms with Crippen LogP contribution in [0.4, 0.5) is 11.4 Å². The first-order chi connectivity index (χ1) is 11.4. The van der Waals surface area contributed by atoms with E-state index in [-0.39, 0.29) is 5.69 Å². The van der Waals surface area contributed by atoms with Gasteiger partial charge in [0.15, 0.2) is 4.90 Å². The Morgan fingerprint density at radius 1 is 1.17 bits per heavy atom. The van der Waals surface area contributed by atoms with Gasteiger partial charge in [-0.3, -0.25) is 10.1 Å². The number of benzene rings is 2. The van der Waals surface area contributed by atoms with Crippen molar-refractivity contribution < 1.29 is 13.3 Å². The fourth-order valence-corrected chi connectivity index (χ4v) is 3.63. The minimum atomic E-state index is -4.16. The Morgan fingerprint density at radius 2 is 1.88 bits per heavy atom. The number of primary sulfonamides is 1. The molecule has 0 spiro atoms. The number of hydrogen-bond acceptors (Lipinski definition) is 5. The van der Waals surface area contributed by atoms with Crippen molar-refractivity contribution in [3.8, 4) is 0 Å². The zero-order valence-electron chi connectivity index (χ0n) is 12.8. The summed E-state index contributed by atoms with van der Waals surface area (Å²) >= 11 is 0. The quantitative estimate of drug-likeness (QED) is 0.615. The molecule has 0 aromatic heterocycles. The summed E-state index contributed by atoms with van der Waals surface area (Å²) in [6.45, 7) is 0.536. The second-order valence-electron chi connectivity index (χ2n) is 5.85. The van der Waals surface area contributed by atoms with Crippen molar-refractivity contribution in [2.75, 3.05) is 11.9 Å². The molecule has 1 saturated carbocycles. The normalized spacial score (nSPS) is 19.7. The molecule has 1 aliphatic rings. The van der Waals surface area contributed by atoms with Crippen molar-refractivity contribution in [2.24, 2.45) is 11.1 Å². The van der Waals surface area contributed by atoms with Crippen LogP contribution < -0.4 is 10.5 Å². The molecule has 0 amide bonds. The van der Waals surface area contributed by atoms with Crippen molar-refractivity contribution in [2.45, 2.75) is 17.2 Å². The number of nitrogens with one attached hydrogen (secondary N) is 1. The minimum Gasteiger partial charge on any atom is -0.379 e. The average molecular weight is 347 g/mol. The van der Waals surface area contributed by atoms with E-state index in [0.717, 1.165) is 12.5 Å². The van der Waals surface area contributed by atoms with Crippen LogP contribution in [0.3, 0.4) is 0 Å². The summed E-state index contributed by atoms with van der Waals surface area (Å²) in [6, 6.07) is 14.1. The predicted molar refractivity (Wildman–Crippen MR) is 90.2 cm³/mol. The highest BCUT2D eigenvalue weighted by molar-refractivity contribution is 7.89. The number of anilines is 1. The summed E-state index contributed by atoms with van der Waals surface area (Å²) in [4.78, 5) is 10.1. The smallest absolute Gasteiger partial charge is 0.312 e. The van der Waals surface area contributed by atoms with Gasteiger partial charge in [-0.05, 0) is 36.0 Å². The minimum absolute atomic E-state index is 0.172. The van der Waals surface area contributed by atoms with E-state index in [1.807, 2.05) is 18.2 Å². The molecular weight excluding hydrogens is 330 g/mol. The third-order valence-electron chi connectivity index (χ3n) is 4.19. The van der Waals surface area contributed by atoms with E-state index in [1.165, 1.54) is 17.7 Å². The Balaban J connectivity index is 1.76. The van der Waals surface area contributed by atoms with Gasteiger partial charge in [0.2, 0.25) is 10.0 Å². The Hall–Kier alpha value is -2.45. The van der Waals surface area contributed by atoms with Crippen LogP contribution in [0.15, 0.2) is 53.4 Å². The fourth-order valence-electron chi connectivity index (χ4n) is 2.91. The molecule has 2 atom stereocenters. The molecule has 2 aromatic carbocycles. The number of nitrogens with two attached hydrogens (primary N) is 1. The maximum absolute atomic E-state index is 11.5. The molecule has 0 bridgehead atoms. The van der Waals surface area contributed by atoms with Gasteiger partial charge in [-0.15, -0.1) is 0 Å². The first-order valence-electron chi connectivity index (χ1n) is 7.47. The molecule has 7 nitrogen and oxygen atoms in total. The van der Waals surface area contributed by atoms with Crippen molar-refractivity contribution in [1.82, 2.24) is 0 Å². The van der Waals surface area contributed by atoms with Crippen LogP contribution >= 0.6 is 0 Å². The van der Waals surface area contributed by atoms with Crippen molar-refractivity contribution in [1.29, 1.82) is 0 Å². The van der Waals surface area contributed by atoms with E-state index < -0.39 is 25.5 Å². The second kappa shape index (κ2) is 6.21. The first kappa shape index (κ1) is 16.4. The number of sulfonamides is 1. The lowest BCUT2D eigenvalue weighted by Crippen LogP contribution is -2.16. The van der Waals surface area contributed by atoms with Gasteiger partial charge in [0.1, 0.15) is 5.69 Å². The Kier molecular flexibility index (Phi) is 4.25. The topological polar surface area (TPSA) is 115 Å². The number of hydrogen-bond donors (Lipinski definition) is 2. The number of rotatable bonds is 6. The molecule has 1 aliphatic carbocycles. The lowest BCUT2D eigenvalue weighted by Gasteiger charge is -2.09. The van der Waals surface area contributed by atoms with Crippen LogP contribution in [-0.4, -0.2) is 19.9 Å². The van der Waals surface area contributed by atoms with Gasteiger partial charge in [0.05, 0.1) is 4.92 Å². The summed E-state index contributed by atoms with van der Waals surface area (Å²) in [5.74, 6) is 0.796. The summed E-state index contributed by atoms with van der Waals surface area (Å²) in [5.41, 5.74) is 0.916. The van der Waals surface area contributed by atoms with Gasteiger partial charge < -0.3 is 5.32 Å². The number of para-hydroxylation sites is 1. The number of nitro groups is 1. The molecule has 0 aliphatic heterocycles. The van der Waals surface area contributed by atoms with E-state index in [4.69, 9.17) is 5.14 Å². The van der Waals surface area contributed by atoms with E-state index in [0.29, 0.717) is 18.4 Å². The van der Waals surface area contributed by atoms with Gasteiger partial charge in [0, 0.05) is 6.54 Å². The Bertz CT molecular complexity index is 868. The predicted octanol–water partition coefficient (Wildman–Crippen LogP) is 2.46. The molecule has 0 radical (unpaired) electrons. The fraction of sp³-hybridized carbons (Fsp3) is 0.250. The lowest BCUT2D eigenvalue weighted by molar-refractivity contribution is -0.386. The highest BCUT2D eigenvalue weighted by Crippen LogP contribution is 2.47. The third-order valence-corrected chi connectivity index (χ3v) is 5.14. The van der Waals surface area contributed by atoms with Crippen LogP contribution in [0.2, 0.25) is 0 Å². The zero-order valence-corrected chi connectivity index (χ0v) is 13.6. The summed E-state index contributed by atoms with van der Waals surface area (Å²) in [7, 11) is -4.16. The average Bonchev–Trinajstić information content (AvgIpc) is 3.32. The van der Waals surface area contributed by atoms with Crippen LogP contribution in [-0.2, 0) is 10.0 Å². The van der Waals surface area contributed by atoms with Crippen molar-refractivity contribution in [3.63, 3.8) is 0 Å². The van der Waals surface area contributed by atoms with E-state index >= 15 is 0 Å². The number of nitrogens with zero attached hydrogens (tertiary/aromatic N) is 1. The zero-order chi connectivity index (χ0) is 17.3. The largest absolute Gasteiger partial charge is 0.379 e. The van der Waals surface area contributed by atoms with Crippen molar-refractivity contribution >= 4 is 21.4 Å². The Labute approximate surface area is 139 Å². The highest BCUT2D eigenvalue weighted by atomic mass is 32.2. The molecule has 0 unspecified atom stereocenters. The van der Waals surface area contributed by atoms with Gasteiger partial charge in [-0.2, -0.15) is 0 Å². The molecule has 0 saturated heterocycles. The van der Waals surface area contributed by atoms with Crippen molar-refractivity contribution in [3.05, 3.63) is 64.2 Å². The maximum atomic E-state index is 11.5. The van der Waals surface area contributed by atoms with Crippen LogP contribution in [0.25, 0.3) is 0 Å². The second-order valence-corrected chi connectivity index (χ2v) is 7.38. The summed E-state index contributed by atoms with van der Waals surface area (Å²) < 4.78 is 23.1. The molecule has 1 fully saturated rings. The molecule has 3 rings (SSSR count). The van der Waals surface area contributed by atoms with Gasteiger partial charge in [-0.1, -0.05) is 36.4 Å². The standard InChI is InChI=1S/C16H17N3O4S/c17-24(22,23)15-8-4-7-14(16(15)19(20)21)18-10-12-9-13(12)11-5-2-1-3-6-11/h1-8,12-13,18H,9-10H2,(H2,17,22,23)/t12-,13+/m1/s1. The molecule has 0 heterocycles. The van der Waals surface area contributed by atoms with Gasteiger partial charge >= 0.3 is 5.69 Å². The monoisotopic (exact) mass is 347 g/mol. The molecule has 3 N–H and O–H groups in total. The number of nitro benzene ring substituents is 1. The SMILES string of the molecule is NS(=O)(=O)c1cccc(NC[C@H]2C[C@H]2c2ccccc2)c1[N+](=O)[O-]. The summed E-state index contributed by atoms with van der Waals surface area (Å²) in [6.07, 6.45) is 1.000. The third kappa shape index (κ3) is 3.39. The summed E-state index contributed by atoms with van der Waals surface area (Å²) in [5, 5.41) is 19.4. The Morgan fingerprint density at radius 3 is 2.50 bits per heavy atom. The van der Waals surface area contributed by atoms with Crippen LogP contribution in [0.1, 0.15) is 17.9 Å². The highest BCUT2D eigenvalue weighted by Gasteiger charge is 2.38. The van der Waals surface area contributed by atoms with E-state index in [2.05, 4.69) is 17.4 Å². The van der Waals surface area contributed by atoms with Gasteiger partial charge in [0.25, 0.3) is 0 Å². The molecule has 2 aromatic rings. The first-order valence-corrected chi connectivity index (χ1v) is 9.01. The lowest BCUT2D eigenvalue weighted by atomic mass is 10.1.